The lowest BCUT2D eigenvalue weighted by Gasteiger charge is -2.02. The highest BCUT2D eigenvalue weighted by Gasteiger charge is 2.15. The Bertz CT molecular complexity index is 1780. The predicted octanol–water partition coefficient (Wildman–Crippen LogP) is 6.82. The largest absolute Gasteiger partial charge is 0.298 e. The molecule has 10 nitrogen and oxygen atoms in total. The molecular weight excluding hydrogens is 599 g/mol. The van der Waals surface area contributed by atoms with E-state index in [1.165, 1.54) is 9.36 Å². The monoisotopic (exact) mass is 624 g/mol. The average Bonchev–Trinajstić information content (AvgIpc) is 3.63. The van der Waals surface area contributed by atoms with Gasteiger partial charge in [0, 0.05) is 56.3 Å². The Kier molecular flexibility index (Phi) is 9.03. The van der Waals surface area contributed by atoms with E-state index in [4.69, 9.17) is 23.2 Å². The predicted molar refractivity (Wildman–Crippen MR) is 169 cm³/mol. The van der Waals surface area contributed by atoms with Crippen LogP contribution >= 0.6 is 23.2 Å². The fraction of sp³-hybridized carbons (Fsp3) is 0.125. The van der Waals surface area contributed by atoms with Gasteiger partial charge in [0.05, 0.1) is 11.1 Å². The van der Waals surface area contributed by atoms with Gasteiger partial charge in [0.25, 0.3) is 11.9 Å². The van der Waals surface area contributed by atoms with E-state index in [1.807, 2.05) is 64.1 Å². The van der Waals surface area contributed by atoms with Gasteiger partial charge in [-0.15, -0.1) is 0 Å². The number of aryl methyl sites for hydroxylation is 4. The van der Waals surface area contributed by atoms with Crippen molar-refractivity contribution in [1.29, 1.82) is 0 Å². The van der Waals surface area contributed by atoms with Crippen molar-refractivity contribution in [1.82, 2.24) is 39.5 Å². The first-order valence-corrected chi connectivity index (χ1v) is 14.2. The van der Waals surface area contributed by atoms with E-state index < -0.39 is 0 Å². The minimum absolute atomic E-state index is 0.445. The van der Waals surface area contributed by atoms with E-state index in [9.17, 15) is 9.59 Å². The molecule has 0 N–H and O–H groups in total. The molecule has 12 heteroatoms. The van der Waals surface area contributed by atoms with Gasteiger partial charge in [-0.2, -0.15) is 10.2 Å². The minimum atomic E-state index is 0.445. The summed E-state index contributed by atoms with van der Waals surface area (Å²) in [6, 6.07) is 18.1. The van der Waals surface area contributed by atoms with E-state index in [0.717, 1.165) is 46.5 Å². The Labute approximate surface area is 263 Å². The maximum Gasteiger partial charge on any atom is 0.250 e. The number of rotatable bonds is 6. The van der Waals surface area contributed by atoms with Gasteiger partial charge in [0.15, 0.2) is 12.6 Å². The molecule has 0 aliphatic heterocycles. The number of aldehydes is 2. The molecule has 0 saturated carbocycles. The maximum absolute atomic E-state index is 11.3. The zero-order valence-corrected chi connectivity index (χ0v) is 25.7. The number of halogens is 2. The fourth-order valence-corrected chi connectivity index (χ4v) is 4.69. The van der Waals surface area contributed by atoms with Gasteiger partial charge >= 0.3 is 0 Å². The topological polar surface area (TPSA) is 121 Å². The summed E-state index contributed by atoms with van der Waals surface area (Å²) >= 11 is 11.8. The van der Waals surface area contributed by atoms with Gasteiger partial charge in [-0.05, 0) is 64.1 Å². The van der Waals surface area contributed by atoms with Crippen LogP contribution in [0.15, 0.2) is 73.1 Å². The van der Waals surface area contributed by atoms with Gasteiger partial charge in [-0.3, -0.25) is 9.59 Å². The second-order valence-corrected chi connectivity index (χ2v) is 10.8. The number of carbonyl (C=O) groups is 2. The number of aromatic nitrogens is 8. The zero-order chi connectivity index (χ0) is 31.4. The van der Waals surface area contributed by atoms with Crippen LogP contribution in [-0.2, 0) is 0 Å². The second-order valence-electron chi connectivity index (χ2n) is 9.91. The Balaban J connectivity index is 0.000000175. The lowest BCUT2D eigenvalue weighted by molar-refractivity contribution is 0.111. The van der Waals surface area contributed by atoms with Crippen molar-refractivity contribution in [3.05, 3.63) is 117 Å². The highest BCUT2D eigenvalue weighted by atomic mass is 35.5. The first kappa shape index (κ1) is 30.4. The summed E-state index contributed by atoms with van der Waals surface area (Å²) in [6.45, 7) is 7.57. The smallest absolute Gasteiger partial charge is 0.250 e. The number of benzene rings is 2. The molecule has 0 aliphatic carbocycles. The highest BCUT2D eigenvalue weighted by molar-refractivity contribution is 6.30. The van der Waals surface area contributed by atoms with Gasteiger partial charge < -0.3 is 0 Å². The van der Waals surface area contributed by atoms with E-state index >= 15 is 0 Å². The maximum atomic E-state index is 11.3. The van der Waals surface area contributed by atoms with Crippen molar-refractivity contribution in [3.8, 4) is 34.4 Å². The Hall–Kier alpha value is -5.06. The third-order valence-corrected chi connectivity index (χ3v) is 6.83. The Morgan fingerprint density at radius 3 is 1.16 bits per heavy atom. The van der Waals surface area contributed by atoms with Crippen LogP contribution in [0.4, 0.5) is 0 Å². The van der Waals surface area contributed by atoms with Crippen LogP contribution in [0.2, 0.25) is 10.0 Å². The number of hydrogen-bond acceptors (Lipinski definition) is 8. The lowest BCUT2D eigenvalue weighted by Crippen LogP contribution is -2.04. The van der Waals surface area contributed by atoms with Crippen LogP contribution in [0.25, 0.3) is 34.4 Å². The summed E-state index contributed by atoms with van der Waals surface area (Å²) in [4.78, 5) is 40.1. The van der Waals surface area contributed by atoms with Gasteiger partial charge in [-0.1, -0.05) is 47.5 Å². The molecule has 0 bridgehead atoms. The second kappa shape index (κ2) is 13.1. The normalized spacial score (nSPS) is 10.7. The standard InChI is InChI=1S/2C16H13ClN4O/c2*1-10-7-11(2)19-16(18-10)21-8-13(9-22)15(20-21)12-3-5-14(17)6-4-12/h2*3-9H,1-2H3. The Morgan fingerprint density at radius 2 is 0.864 bits per heavy atom. The molecule has 0 unspecified atom stereocenters. The highest BCUT2D eigenvalue weighted by Crippen LogP contribution is 2.25. The molecule has 4 heterocycles. The van der Waals surface area contributed by atoms with E-state index in [2.05, 4.69) is 30.1 Å². The molecular formula is C32H26Cl2N8O2. The van der Waals surface area contributed by atoms with Crippen molar-refractivity contribution in [3.63, 3.8) is 0 Å². The molecule has 0 aliphatic rings. The van der Waals surface area contributed by atoms with Crippen molar-refractivity contribution < 1.29 is 9.59 Å². The molecule has 4 aromatic heterocycles. The molecule has 0 spiro atoms. The third-order valence-electron chi connectivity index (χ3n) is 6.33. The van der Waals surface area contributed by atoms with Crippen LogP contribution in [-0.4, -0.2) is 52.1 Å². The van der Waals surface area contributed by atoms with Crippen LogP contribution in [0.1, 0.15) is 43.5 Å². The van der Waals surface area contributed by atoms with Crippen LogP contribution < -0.4 is 0 Å². The van der Waals surface area contributed by atoms with E-state index in [0.29, 0.717) is 44.5 Å². The van der Waals surface area contributed by atoms with Crippen molar-refractivity contribution >= 4 is 35.8 Å². The zero-order valence-electron chi connectivity index (χ0n) is 24.2. The molecule has 6 aromatic rings. The van der Waals surface area contributed by atoms with Crippen molar-refractivity contribution in [2.75, 3.05) is 0 Å². The summed E-state index contributed by atoms with van der Waals surface area (Å²) in [5.41, 5.74) is 7.12. The fourth-order valence-electron chi connectivity index (χ4n) is 4.44. The SMILES string of the molecule is Cc1cc(C)nc(-n2cc(C=O)c(-c3ccc(Cl)cc3)n2)n1.Cc1cc(C)nc(-n2cc(C=O)c(-c3ccc(Cl)cc3)n2)n1. The molecule has 44 heavy (non-hydrogen) atoms. The molecule has 2 aromatic carbocycles. The third kappa shape index (κ3) is 6.94. The molecule has 220 valence electrons. The average molecular weight is 626 g/mol. The number of nitrogens with zero attached hydrogens (tertiary/aromatic N) is 8. The molecule has 0 radical (unpaired) electrons. The number of carbonyl (C=O) groups excluding carboxylic acids is 2. The molecule has 6 rings (SSSR count). The molecule has 0 amide bonds. The van der Waals surface area contributed by atoms with Crippen molar-refractivity contribution in [2.45, 2.75) is 27.7 Å². The summed E-state index contributed by atoms with van der Waals surface area (Å²) in [5.74, 6) is 0.890. The summed E-state index contributed by atoms with van der Waals surface area (Å²) < 4.78 is 3.04. The van der Waals surface area contributed by atoms with Crippen molar-refractivity contribution in [2.24, 2.45) is 0 Å². The Morgan fingerprint density at radius 1 is 0.545 bits per heavy atom. The minimum Gasteiger partial charge on any atom is -0.298 e. The summed E-state index contributed by atoms with van der Waals surface area (Å²) in [5, 5.41) is 10.2. The van der Waals surface area contributed by atoms with Crippen LogP contribution in [0, 0.1) is 27.7 Å². The summed E-state index contributed by atoms with van der Waals surface area (Å²) in [7, 11) is 0. The van der Waals surface area contributed by atoms with E-state index in [1.54, 1.807) is 36.7 Å². The molecule has 0 fully saturated rings. The summed E-state index contributed by atoms with van der Waals surface area (Å²) in [6.07, 6.45) is 4.81. The van der Waals surface area contributed by atoms with Gasteiger partial charge in [0.2, 0.25) is 0 Å². The van der Waals surface area contributed by atoms with Crippen LogP contribution in [0.3, 0.4) is 0 Å². The number of hydrogen-bond donors (Lipinski definition) is 0. The van der Waals surface area contributed by atoms with Gasteiger partial charge in [-0.25, -0.2) is 29.3 Å². The van der Waals surface area contributed by atoms with E-state index in [-0.39, 0.29) is 0 Å². The van der Waals surface area contributed by atoms with Crippen LogP contribution in [0.5, 0.6) is 0 Å². The van der Waals surface area contributed by atoms with Gasteiger partial charge in [0.1, 0.15) is 11.4 Å². The quantitative estimate of drug-likeness (QED) is 0.185. The lowest BCUT2D eigenvalue weighted by atomic mass is 10.1. The molecule has 0 atom stereocenters. The first-order valence-electron chi connectivity index (χ1n) is 13.4. The molecule has 0 saturated heterocycles. The first-order chi connectivity index (χ1) is 21.1.